The Hall–Kier alpha value is -2.76. The monoisotopic (exact) mass is 439 g/mol. The topological polar surface area (TPSA) is 101 Å². The average Bonchev–Trinajstić information content (AvgIpc) is 3.20. The summed E-state index contributed by atoms with van der Waals surface area (Å²) in [5.74, 6) is -2.97. The van der Waals surface area contributed by atoms with Gasteiger partial charge < -0.3 is 9.73 Å². The lowest BCUT2D eigenvalue weighted by molar-refractivity contribution is 0.102. The number of hydrogen-bond donors (Lipinski definition) is 2. The van der Waals surface area contributed by atoms with Gasteiger partial charge in [-0.25, -0.2) is 18.1 Å². The summed E-state index contributed by atoms with van der Waals surface area (Å²) in [6.07, 6.45) is 2.73. The number of carbonyl (C=O) groups excluding carboxylic acids is 1. The number of anilines is 1. The maximum atomic E-state index is 12.7. The van der Waals surface area contributed by atoms with Crippen LogP contribution < -0.4 is 10.0 Å². The summed E-state index contributed by atoms with van der Waals surface area (Å²) in [5.41, 5.74) is 0.148. The van der Waals surface area contributed by atoms with Crippen LogP contribution in [0.2, 0.25) is 0 Å². The Balaban J connectivity index is 1.75. The Morgan fingerprint density at radius 3 is 2.72 bits per heavy atom. The van der Waals surface area contributed by atoms with Gasteiger partial charge in [-0.1, -0.05) is 6.07 Å². The molecule has 2 aromatic heterocycles. The van der Waals surface area contributed by atoms with Crippen LogP contribution in [-0.2, 0) is 16.6 Å². The Labute approximate surface area is 169 Å². The van der Waals surface area contributed by atoms with Crippen molar-refractivity contribution in [3.05, 3.63) is 72.3 Å². The minimum absolute atomic E-state index is 0.0319. The van der Waals surface area contributed by atoms with Gasteiger partial charge in [0.25, 0.3) is 11.7 Å². The highest BCUT2D eigenvalue weighted by Gasteiger charge is 2.18. The highest BCUT2D eigenvalue weighted by Crippen LogP contribution is 2.27. The fourth-order valence-electron chi connectivity index (χ4n) is 2.34. The van der Waals surface area contributed by atoms with E-state index in [0.717, 1.165) is 0 Å². The van der Waals surface area contributed by atoms with E-state index in [-0.39, 0.29) is 39.5 Å². The number of carbonyl (C=O) groups is 1. The van der Waals surface area contributed by atoms with E-state index in [2.05, 4.69) is 15.0 Å². The van der Waals surface area contributed by atoms with E-state index in [1.54, 1.807) is 12.1 Å². The third kappa shape index (κ3) is 5.62. The van der Waals surface area contributed by atoms with Gasteiger partial charge in [-0.05, 0) is 54.2 Å². The number of sulfonamides is 1. The van der Waals surface area contributed by atoms with Gasteiger partial charge in [0, 0.05) is 11.9 Å². The number of benzene rings is 1. The molecule has 0 spiro atoms. The standard InChI is InChI=1S/C18H15F2N3O4S2/c19-18(20)28-17-15(7-2-8-21-17)16(24)23-12-4-1-6-14(10-12)29(25,26)22-11-13-5-3-9-27-13/h1-10,18,22H,11H2,(H,23,24). The SMILES string of the molecule is O=C(Nc1cccc(S(=O)(=O)NCc2ccco2)c1)c1cccnc1SC(F)F. The highest BCUT2D eigenvalue weighted by molar-refractivity contribution is 7.99. The number of furan rings is 1. The molecule has 11 heteroatoms. The van der Waals surface area contributed by atoms with Crippen molar-refractivity contribution in [2.75, 3.05) is 5.32 Å². The smallest absolute Gasteiger partial charge is 0.290 e. The summed E-state index contributed by atoms with van der Waals surface area (Å²) < 4.78 is 57.7. The van der Waals surface area contributed by atoms with Gasteiger partial charge in [0.15, 0.2) is 0 Å². The van der Waals surface area contributed by atoms with Crippen molar-refractivity contribution in [2.45, 2.75) is 22.2 Å². The minimum Gasteiger partial charge on any atom is -0.468 e. The van der Waals surface area contributed by atoms with Gasteiger partial charge >= 0.3 is 0 Å². The molecule has 0 bridgehead atoms. The van der Waals surface area contributed by atoms with E-state index in [0.29, 0.717) is 5.76 Å². The Kier molecular flexibility index (Phi) is 6.62. The van der Waals surface area contributed by atoms with Gasteiger partial charge in [-0.15, -0.1) is 0 Å². The van der Waals surface area contributed by atoms with E-state index in [1.807, 2.05) is 0 Å². The van der Waals surface area contributed by atoms with Crippen LogP contribution in [0.5, 0.6) is 0 Å². The second-order valence-electron chi connectivity index (χ2n) is 5.62. The second-order valence-corrected chi connectivity index (χ2v) is 8.37. The first-order valence-corrected chi connectivity index (χ1v) is 10.5. The van der Waals surface area contributed by atoms with Gasteiger partial charge in [0.05, 0.1) is 23.3 Å². The van der Waals surface area contributed by atoms with Crippen LogP contribution in [0.1, 0.15) is 16.1 Å². The van der Waals surface area contributed by atoms with E-state index in [4.69, 9.17) is 4.42 Å². The molecular formula is C18H15F2N3O4S2. The molecule has 0 saturated heterocycles. The average molecular weight is 439 g/mol. The van der Waals surface area contributed by atoms with E-state index < -0.39 is 21.7 Å². The molecule has 3 rings (SSSR count). The van der Waals surface area contributed by atoms with Crippen LogP contribution in [0.25, 0.3) is 0 Å². The fourth-order valence-corrected chi connectivity index (χ4v) is 3.96. The summed E-state index contributed by atoms with van der Waals surface area (Å²) in [4.78, 5) is 16.2. The molecule has 0 saturated carbocycles. The highest BCUT2D eigenvalue weighted by atomic mass is 32.2. The predicted molar refractivity (Wildman–Crippen MR) is 103 cm³/mol. The number of alkyl halides is 2. The Bertz CT molecular complexity index is 1090. The first-order chi connectivity index (χ1) is 13.8. The molecule has 0 aliphatic carbocycles. The van der Waals surface area contributed by atoms with Crippen molar-refractivity contribution >= 4 is 33.4 Å². The zero-order valence-corrected chi connectivity index (χ0v) is 16.3. The van der Waals surface area contributed by atoms with Crippen LogP contribution in [-0.4, -0.2) is 25.1 Å². The lowest BCUT2D eigenvalue weighted by Gasteiger charge is -2.10. The molecule has 0 atom stereocenters. The van der Waals surface area contributed by atoms with E-state index in [9.17, 15) is 22.0 Å². The zero-order chi connectivity index (χ0) is 20.9. The van der Waals surface area contributed by atoms with Crippen molar-refractivity contribution < 1.29 is 26.4 Å². The first kappa shape index (κ1) is 21.0. The molecule has 0 fully saturated rings. The lowest BCUT2D eigenvalue weighted by atomic mass is 10.2. The number of halogens is 2. The first-order valence-electron chi connectivity index (χ1n) is 8.18. The molecule has 152 valence electrons. The van der Waals surface area contributed by atoms with Gasteiger partial charge in [0.1, 0.15) is 10.8 Å². The number of rotatable bonds is 8. The van der Waals surface area contributed by atoms with Crippen LogP contribution in [0.15, 0.2) is 75.3 Å². The van der Waals surface area contributed by atoms with E-state index >= 15 is 0 Å². The molecule has 0 aliphatic rings. The molecule has 7 nitrogen and oxygen atoms in total. The molecule has 3 aromatic rings. The van der Waals surface area contributed by atoms with Crippen molar-refractivity contribution in [1.82, 2.24) is 9.71 Å². The van der Waals surface area contributed by atoms with Gasteiger partial charge in [0.2, 0.25) is 10.0 Å². The van der Waals surface area contributed by atoms with Crippen LogP contribution in [0.3, 0.4) is 0 Å². The van der Waals surface area contributed by atoms with Crippen molar-refractivity contribution in [3.63, 3.8) is 0 Å². The summed E-state index contributed by atoms with van der Waals surface area (Å²) in [6, 6.07) is 11.6. The van der Waals surface area contributed by atoms with E-state index in [1.165, 1.54) is 48.9 Å². The number of nitrogens with zero attached hydrogens (tertiary/aromatic N) is 1. The largest absolute Gasteiger partial charge is 0.468 e. The fraction of sp³-hybridized carbons (Fsp3) is 0.111. The minimum atomic E-state index is -3.86. The molecule has 29 heavy (non-hydrogen) atoms. The summed E-state index contributed by atoms with van der Waals surface area (Å²) in [5, 5.41) is 2.38. The number of amides is 1. The molecule has 2 N–H and O–H groups in total. The van der Waals surface area contributed by atoms with Gasteiger partial charge in [-0.2, -0.15) is 8.78 Å². The predicted octanol–water partition coefficient (Wildman–Crippen LogP) is 3.72. The lowest BCUT2D eigenvalue weighted by Crippen LogP contribution is -2.23. The number of aromatic nitrogens is 1. The number of nitrogens with one attached hydrogen (secondary N) is 2. The summed E-state index contributed by atoms with van der Waals surface area (Å²) >= 11 is 0.157. The van der Waals surface area contributed by atoms with Crippen LogP contribution in [0, 0.1) is 0 Å². The normalized spacial score (nSPS) is 11.6. The molecule has 1 amide bonds. The molecule has 1 aromatic carbocycles. The third-order valence-electron chi connectivity index (χ3n) is 3.64. The quantitative estimate of drug-likeness (QED) is 0.519. The summed E-state index contributed by atoms with van der Waals surface area (Å²) in [6.45, 7) is -0.0319. The molecule has 2 heterocycles. The van der Waals surface area contributed by atoms with Crippen molar-refractivity contribution in [3.8, 4) is 0 Å². The third-order valence-corrected chi connectivity index (χ3v) is 5.76. The van der Waals surface area contributed by atoms with Crippen LogP contribution >= 0.6 is 11.8 Å². The molecule has 0 radical (unpaired) electrons. The van der Waals surface area contributed by atoms with Crippen molar-refractivity contribution in [1.29, 1.82) is 0 Å². The number of thioether (sulfide) groups is 1. The molecule has 0 unspecified atom stereocenters. The Morgan fingerprint density at radius 1 is 1.17 bits per heavy atom. The number of hydrogen-bond acceptors (Lipinski definition) is 6. The second kappa shape index (κ2) is 9.16. The van der Waals surface area contributed by atoms with Crippen molar-refractivity contribution in [2.24, 2.45) is 0 Å². The molecular weight excluding hydrogens is 424 g/mol. The maximum absolute atomic E-state index is 12.7. The Morgan fingerprint density at radius 2 is 2.00 bits per heavy atom. The molecule has 0 aliphatic heterocycles. The summed E-state index contributed by atoms with van der Waals surface area (Å²) in [7, 11) is -3.86. The van der Waals surface area contributed by atoms with Crippen LogP contribution in [0.4, 0.5) is 14.5 Å². The maximum Gasteiger partial charge on any atom is 0.290 e. The number of pyridine rings is 1. The van der Waals surface area contributed by atoms with Gasteiger partial charge in [-0.3, -0.25) is 4.79 Å². The zero-order valence-electron chi connectivity index (χ0n) is 14.7.